The van der Waals surface area contributed by atoms with Crippen LogP contribution in [0.4, 0.5) is 4.79 Å². The lowest BCUT2D eigenvalue weighted by Crippen LogP contribution is -2.34. The first kappa shape index (κ1) is 15.0. The number of benzene rings is 2. The van der Waals surface area contributed by atoms with Crippen LogP contribution in [-0.2, 0) is 13.1 Å². The van der Waals surface area contributed by atoms with Crippen molar-refractivity contribution in [2.75, 3.05) is 7.11 Å². The van der Waals surface area contributed by atoms with Crippen LogP contribution in [0.3, 0.4) is 0 Å². The first-order valence-electron chi connectivity index (χ1n) is 7.35. The fourth-order valence-corrected chi connectivity index (χ4v) is 2.34. The van der Waals surface area contributed by atoms with E-state index in [1.54, 1.807) is 19.4 Å². The van der Waals surface area contributed by atoms with Gasteiger partial charge in [-0.1, -0.05) is 18.2 Å². The first-order chi connectivity index (χ1) is 11.2. The molecule has 0 radical (unpaired) electrons. The summed E-state index contributed by atoms with van der Waals surface area (Å²) in [7, 11) is 1.65. The van der Waals surface area contributed by atoms with Gasteiger partial charge < -0.3 is 19.8 Å². The molecular weight excluding hydrogens is 292 g/mol. The van der Waals surface area contributed by atoms with Crippen LogP contribution < -0.4 is 15.4 Å². The van der Waals surface area contributed by atoms with Gasteiger partial charge in [-0.05, 0) is 46.7 Å². The van der Waals surface area contributed by atoms with E-state index >= 15 is 0 Å². The molecule has 1 aromatic heterocycles. The number of furan rings is 1. The third-order valence-corrected chi connectivity index (χ3v) is 3.57. The second kappa shape index (κ2) is 6.87. The number of ether oxygens (including phenoxy) is 1. The Bertz CT molecular complexity index is 797. The van der Waals surface area contributed by atoms with Gasteiger partial charge in [0.1, 0.15) is 11.5 Å². The second-order valence-electron chi connectivity index (χ2n) is 5.16. The van der Waals surface area contributed by atoms with Crippen LogP contribution >= 0.6 is 0 Å². The molecule has 0 aliphatic heterocycles. The Morgan fingerprint density at radius 3 is 2.61 bits per heavy atom. The molecule has 0 unspecified atom stereocenters. The van der Waals surface area contributed by atoms with Crippen molar-refractivity contribution < 1.29 is 13.9 Å². The minimum atomic E-state index is -0.226. The molecule has 118 valence electrons. The molecule has 0 aliphatic rings. The van der Waals surface area contributed by atoms with Crippen LogP contribution in [0, 0.1) is 0 Å². The van der Waals surface area contributed by atoms with Crippen LogP contribution in [0.15, 0.2) is 59.2 Å². The predicted molar refractivity (Wildman–Crippen MR) is 88.3 cm³/mol. The summed E-state index contributed by atoms with van der Waals surface area (Å²) >= 11 is 0. The lowest BCUT2D eigenvalue weighted by Gasteiger charge is -2.08. The molecule has 5 nitrogen and oxygen atoms in total. The highest BCUT2D eigenvalue weighted by Crippen LogP contribution is 2.21. The number of fused-ring (bicyclic) bond motifs is 1. The van der Waals surface area contributed by atoms with Gasteiger partial charge in [0.25, 0.3) is 0 Å². The molecule has 0 spiro atoms. The molecule has 3 rings (SSSR count). The normalized spacial score (nSPS) is 10.5. The number of hydrogen-bond acceptors (Lipinski definition) is 3. The van der Waals surface area contributed by atoms with E-state index in [2.05, 4.69) is 16.7 Å². The van der Waals surface area contributed by atoms with Gasteiger partial charge in [0.15, 0.2) is 0 Å². The van der Waals surface area contributed by atoms with Gasteiger partial charge in [0.2, 0.25) is 0 Å². The van der Waals surface area contributed by atoms with Crippen molar-refractivity contribution in [3.63, 3.8) is 0 Å². The molecule has 0 saturated carbocycles. The topological polar surface area (TPSA) is 63.5 Å². The van der Waals surface area contributed by atoms with E-state index in [-0.39, 0.29) is 6.03 Å². The zero-order valence-corrected chi connectivity index (χ0v) is 12.8. The Kier molecular flexibility index (Phi) is 4.47. The van der Waals surface area contributed by atoms with E-state index in [4.69, 9.17) is 9.15 Å². The number of carbonyl (C=O) groups is 1. The molecule has 0 bridgehead atoms. The summed E-state index contributed by atoms with van der Waals surface area (Å²) in [4.78, 5) is 11.8. The van der Waals surface area contributed by atoms with Crippen molar-refractivity contribution in [1.29, 1.82) is 0 Å². The maximum absolute atomic E-state index is 11.8. The molecule has 0 atom stereocenters. The number of urea groups is 1. The van der Waals surface area contributed by atoms with Crippen molar-refractivity contribution in [1.82, 2.24) is 10.6 Å². The standard InChI is InChI=1S/C18H18N2O3/c1-22-16-7-6-14-9-13(4-5-15(14)10-16)11-19-18(21)20-12-17-3-2-8-23-17/h2-10H,11-12H2,1H3,(H2,19,20,21). The molecule has 3 aromatic rings. The maximum atomic E-state index is 11.8. The van der Waals surface area contributed by atoms with E-state index in [9.17, 15) is 4.79 Å². The van der Waals surface area contributed by atoms with Crippen LogP contribution in [0.2, 0.25) is 0 Å². The average Bonchev–Trinajstić information content (AvgIpc) is 3.11. The second-order valence-corrected chi connectivity index (χ2v) is 5.16. The van der Waals surface area contributed by atoms with Gasteiger partial charge in [-0.2, -0.15) is 0 Å². The number of methoxy groups -OCH3 is 1. The van der Waals surface area contributed by atoms with Crippen molar-refractivity contribution in [3.8, 4) is 5.75 Å². The Balaban J connectivity index is 1.57. The van der Waals surface area contributed by atoms with Crippen LogP contribution in [-0.4, -0.2) is 13.1 Å². The molecule has 5 heteroatoms. The Hall–Kier alpha value is -2.95. The van der Waals surface area contributed by atoms with Gasteiger partial charge in [-0.15, -0.1) is 0 Å². The zero-order valence-electron chi connectivity index (χ0n) is 12.8. The minimum absolute atomic E-state index is 0.226. The number of hydrogen-bond donors (Lipinski definition) is 2. The third kappa shape index (κ3) is 3.83. The van der Waals surface area contributed by atoms with E-state index in [0.717, 1.165) is 27.8 Å². The lowest BCUT2D eigenvalue weighted by molar-refractivity contribution is 0.239. The molecule has 23 heavy (non-hydrogen) atoms. The molecule has 2 N–H and O–H groups in total. The van der Waals surface area contributed by atoms with E-state index in [1.165, 1.54) is 0 Å². The molecule has 2 amide bonds. The summed E-state index contributed by atoms with van der Waals surface area (Å²) in [6, 6.07) is 15.4. The summed E-state index contributed by atoms with van der Waals surface area (Å²) in [6.45, 7) is 0.836. The van der Waals surface area contributed by atoms with Crippen molar-refractivity contribution >= 4 is 16.8 Å². The summed E-state index contributed by atoms with van der Waals surface area (Å²) in [5.74, 6) is 1.56. The largest absolute Gasteiger partial charge is 0.497 e. The highest BCUT2D eigenvalue weighted by atomic mass is 16.5. The average molecular weight is 310 g/mol. The number of carbonyl (C=O) groups excluding carboxylic acids is 1. The predicted octanol–water partition coefficient (Wildman–Crippen LogP) is 3.44. The van der Waals surface area contributed by atoms with E-state index in [1.807, 2.05) is 36.4 Å². The van der Waals surface area contributed by atoms with Crippen LogP contribution in [0.5, 0.6) is 5.75 Å². The van der Waals surface area contributed by atoms with Gasteiger partial charge in [-0.25, -0.2) is 4.79 Å². The molecule has 2 aromatic carbocycles. The number of rotatable bonds is 5. The van der Waals surface area contributed by atoms with Gasteiger partial charge in [0, 0.05) is 6.54 Å². The zero-order chi connectivity index (χ0) is 16.1. The van der Waals surface area contributed by atoms with E-state index < -0.39 is 0 Å². The van der Waals surface area contributed by atoms with Crippen molar-refractivity contribution in [2.24, 2.45) is 0 Å². The highest BCUT2D eigenvalue weighted by Gasteiger charge is 2.03. The molecular formula is C18H18N2O3. The number of amides is 2. The fraction of sp³-hybridized carbons (Fsp3) is 0.167. The minimum Gasteiger partial charge on any atom is -0.497 e. The summed E-state index contributed by atoms with van der Waals surface area (Å²) in [6.07, 6.45) is 1.58. The summed E-state index contributed by atoms with van der Waals surface area (Å²) in [5, 5.41) is 7.80. The van der Waals surface area contributed by atoms with E-state index in [0.29, 0.717) is 13.1 Å². The lowest BCUT2D eigenvalue weighted by atomic mass is 10.1. The fourth-order valence-electron chi connectivity index (χ4n) is 2.34. The molecule has 1 heterocycles. The molecule has 0 aliphatic carbocycles. The van der Waals surface area contributed by atoms with Crippen LogP contribution in [0.1, 0.15) is 11.3 Å². The molecule has 0 fully saturated rings. The quantitative estimate of drug-likeness (QED) is 0.759. The Labute approximate surface area is 134 Å². The van der Waals surface area contributed by atoms with Gasteiger partial charge in [0.05, 0.1) is 19.9 Å². The SMILES string of the molecule is COc1ccc2cc(CNC(=O)NCc3ccco3)ccc2c1. The molecule has 0 saturated heterocycles. The smallest absolute Gasteiger partial charge is 0.315 e. The third-order valence-electron chi connectivity index (χ3n) is 3.57. The van der Waals surface area contributed by atoms with Gasteiger partial charge in [-0.3, -0.25) is 0 Å². The summed E-state index contributed by atoms with van der Waals surface area (Å²) < 4.78 is 10.4. The highest BCUT2D eigenvalue weighted by molar-refractivity contribution is 5.84. The monoisotopic (exact) mass is 310 g/mol. The maximum Gasteiger partial charge on any atom is 0.315 e. The van der Waals surface area contributed by atoms with Gasteiger partial charge >= 0.3 is 6.03 Å². The van der Waals surface area contributed by atoms with Crippen molar-refractivity contribution in [3.05, 3.63) is 66.1 Å². The summed E-state index contributed by atoms with van der Waals surface area (Å²) in [5.41, 5.74) is 1.04. The number of nitrogens with one attached hydrogen (secondary N) is 2. The first-order valence-corrected chi connectivity index (χ1v) is 7.35. The van der Waals surface area contributed by atoms with Crippen LogP contribution in [0.25, 0.3) is 10.8 Å². The van der Waals surface area contributed by atoms with Crippen molar-refractivity contribution in [2.45, 2.75) is 13.1 Å². The Morgan fingerprint density at radius 1 is 1.04 bits per heavy atom. The Morgan fingerprint density at radius 2 is 1.83 bits per heavy atom.